The second-order valence-corrected chi connectivity index (χ2v) is 15.4. The number of hydrogen-bond acceptors (Lipinski definition) is 2. The number of aromatic carboxylic acids is 1. The summed E-state index contributed by atoms with van der Waals surface area (Å²) in [6.07, 6.45) is 29.9. The van der Waals surface area contributed by atoms with Gasteiger partial charge in [0.15, 0.2) is 0 Å². The van der Waals surface area contributed by atoms with Crippen molar-refractivity contribution in [1.82, 2.24) is 0 Å². The molecule has 3 rings (SSSR count). The lowest BCUT2D eigenvalue weighted by atomic mass is 9.78. The smallest absolute Gasteiger partial charge is 0.336 e. The maximum Gasteiger partial charge on any atom is 0.336 e. The highest BCUT2D eigenvalue weighted by atomic mass is 16.5. The van der Waals surface area contributed by atoms with Gasteiger partial charge < -0.3 is 9.84 Å². The topological polar surface area (TPSA) is 46.5 Å². The van der Waals surface area contributed by atoms with Crippen LogP contribution in [-0.4, -0.2) is 17.7 Å². The maximum atomic E-state index is 12.7. The summed E-state index contributed by atoms with van der Waals surface area (Å²) in [4.78, 5) is 12.7. The Morgan fingerprint density at radius 2 is 1.08 bits per heavy atom. The van der Waals surface area contributed by atoms with E-state index in [1.165, 1.54) is 133 Å². The molecule has 2 unspecified atom stereocenters. The van der Waals surface area contributed by atoms with Gasteiger partial charge in [0.1, 0.15) is 0 Å². The number of unbranched alkanes of at least 4 members (excludes halogenated alkanes) is 18. The highest BCUT2D eigenvalue weighted by Gasteiger charge is 2.25. The molecule has 0 saturated heterocycles. The Labute approximate surface area is 319 Å². The molecule has 0 aliphatic heterocycles. The molecule has 2 atom stereocenters. The molecule has 0 aliphatic carbocycles. The number of carboxylic acid groups (broad SMARTS) is 1. The van der Waals surface area contributed by atoms with Gasteiger partial charge in [-0.1, -0.05) is 210 Å². The minimum Gasteiger partial charge on any atom is -0.478 e. The SMILES string of the molecule is CCCCCCCCCCCCCCCCOC(C)c1ccc(-c2ccc(C(=O)O)c(-c3ccccc3)c2C(CCC)CCCCCCCC)cc1. The molecule has 0 amide bonds. The monoisotopic (exact) mass is 711 g/mol. The van der Waals surface area contributed by atoms with Crippen molar-refractivity contribution in [1.29, 1.82) is 0 Å². The number of rotatable bonds is 30. The highest BCUT2D eigenvalue weighted by Crippen LogP contribution is 2.43. The fourth-order valence-corrected chi connectivity index (χ4v) is 7.93. The molecule has 3 aromatic carbocycles. The summed E-state index contributed by atoms with van der Waals surface area (Å²) < 4.78 is 6.31. The van der Waals surface area contributed by atoms with Crippen LogP contribution >= 0.6 is 0 Å². The molecule has 0 spiro atoms. The first-order valence-corrected chi connectivity index (χ1v) is 21.7. The first-order valence-electron chi connectivity index (χ1n) is 21.7. The minimum atomic E-state index is -0.860. The van der Waals surface area contributed by atoms with Gasteiger partial charge in [0.25, 0.3) is 0 Å². The minimum absolute atomic E-state index is 0.0466. The molecule has 0 radical (unpaired) electrons. The zero-order valence-corrected chi connectivity index (χ0v) is 33.7. The van der Waals surface area contributed by atoms with Gasteiger partial charge in [-0.05, 0) is 66.0 Å². The molecular weight excluding hydrogens is 637 g/mol. The van der Waals surface area contributed by atoms with Crippen LogP contribution in [0.1, 0.15) is 209 Å². The fourth-order valence-electron chi connectivity index (χ4n) is 7.93. The highest BCUT2D eigenvalue weighted by molar-refractivity contribution is 5.99. The predicted molar refractivity (Wildman–Crippen MR) is 225 cm³/mol. The normalized spacial score (nSPS) is 12.6. The third kappa shape index (κ3) is 15.6. The van der Waals surface area contributed by atoms with Crippen LogP contribution in [0.5, 0.6) is 0 Å². The number of hydrogen-bond donors (Lipinski definition) is 1. The van der Waals surface area contributed by atoms with Gasteiger partial charge in [0, 0.05) is 12.2 Å². The number of carboxylic acids is 1. The van der Waals surface area contributed by atoms with E-state index in [0.29, 0.717) is 11.5 Å². The van der Waals surface area contributed by atoms with Gasteiger partial charge in [0.05, 0.1) is 11.7 Å². The van der Waals surface area contributed by atoms with Crippen LogP contribution in [0, 0.1) is 0 Å². The fraction of sp³-hybridized carbons (Fsp3) is 0.612. The first kappa shape index (κ1) is 43.5. The van der Waals surface area contributed by atoms with Gasteiger partial charge in [0.2, 0.25) is 0 Å². The van der Waals surface area contributed by atoms with Gasteiger partial charge in [-0.2, -0.15) is 0 Å². The van der Waals surface area contributed by atoms with E-state index in [-0.39, 0.29) is 6.10 Å². The van der Waals surface area contributed by atoms with Crippen LogP contribution < -0.4 is 0 Å². The Bertz CT molecular complexity index is 1350. The van der Waals surface area contributed by atoms with E-state index in [1.54, 1.807) is 0 Å². The summed E-state index contributed by atoms with van der Waals surface area (Å²) in [6.45, 7) is 9.78. The molecule has 3 nitrogen and oxygen atoms in total. The zero-order valence-electron chi connectivity index (χ0n) is 33.7. The second-order valence-electron chi connectivity index (χ2n) is 15.4. The van der Waals surface area contributed by atoms with E-state index in [1.807, 2.05) is 24.3 Å². The number of ether oxygens (including phenoxy) is 1. The van der Waals surface area contributed by atoms with Gasteiger partial charge in [-0.25, -0.2) is 4.79 Å². The van der Waals surface area contributed by atoms with E-state index in [0.717, 1.165) is 54.5 Å². The van der Waals surface area contributed by atoms with E-state index < -0.39 is 5.97 Å². The van der Waals surface area contributed by atoms with Gasteiger partial charge in [-0.3, -0.25) is 0 Å². The Morgan fingerprint density at radius 3 is 1.60 bits per heavy atom. The second kappa shape index (κ2) is 26.8. The summed E-state index contributed by atoms with van der Waals surface area (Å²) in [5.41, 5.74) is 6.99. The lowest BCUT2D eigenvalue weighted by Crippen LogP contribution is -2.09. The summed E-state index contributed by atoms with van der Waals surface area (Å²) >= 11 is 0. The molecule has 3 heteroatoms. The molecule has 3 aromatic rings. The third-order valence-electron chi connectivity index (χ3n) is 11.0. The average Bonchev–Trinajstić information content (AvgIpc) is 3.17. The lowest BCUT2D eigenvalue weighted by Gasteiger charge is -2.26. The summed E-state index contributed by atoms with van der Waals surface area (Å²) in [5.74, 6) is -0.561. The Hall–Kier alpha value is -2.91. The molecule has 1 N–H and O–H groups in total. The Kier molecular flexibility index (Phi) is 22.4. The summed E-state index contributed by atoms with van der Waals surface area (Å²) in [7, 11) is 0. The Morgan fingerprint density at radius 1 is 0.558 bits per heavy atom. The molecule has 0 bridgehead atoms. The first-order chi connectivity index (χ1) is 25.5. The van der Waals surface area contributed by atoms with Crippen LogP contribution in [-0.2, 0) is 4.74 Å². The summed E-state index contributed by atoms with van der Waals surface area (Å²) in [5, 5.41) is 10.4. The van der Waals surface area contributed by atoms with Crippen molar-refractivity contribution >= 4 is 5.97 Å². The van der Waals surface area contributed by atoms with Crippen molar-refractivity contribution < 1.29 is 14.6 Å². The lowest BCUT2D eigenvalue weighted by molar-refractivity contribution is 0.0627. The van der Waals surface area contributed by atoms with Crippen molar-refractivity contribution in [3.05, 3.63) is 83.4 Å². The van der Waals surface area contributed by atoms with Crippen LogP contribution in [0.2, 0.25) is 0 Å². The van der Waals surface area contributed by atoms with Crippen molar-refractivity contribution in [3.8, 4) is 22.3 Å². The quantitative estimate of drug-likeness (QED) is 0.0701. The van der Waals surface area contributed by atoms with Crippen LogP contribution in [0.25, 0.3) is 22.3 Å². The van der Waals surface area contributed by atoms with Gasteiger partial charge >= 0.3 is 5.97 Å². The molecule has 0 saturated carbocycles. The van der Waals surface area contributed by atoms with Crippen LogP contribution in [0.15, 0.2) is 66.7 Å². The van der Waals surface area contributed by atoms with E-state index in [2.05, 4.69) is 70.2 Å². The van der Waals surface area contributed by atoms with E-state index in [4.69, 9.17) is 4.74 Å². The number of benzene rings is 3. The van der Waals surface area contributed by atoms with Crippen molar-refractivity contribution in [2.75, 3.05) is 6.61 Å². The van der Waals surface area contributed by atoms with Gasteiger partial charge in [-0.15, -0.1) is 0 Å². The molecule has 288 valence electrons. The molecule has 0 heterocycles. The average molecular weight is 711 g/mol. The van der Waals surface area contributed by atoms with Crippen molar-refractivity contribution in [2.45, 2.75) is 187 Å². The molecule has 0 fully saturated rings. The largest absolute Gasteiger partial charge is 0.478 e. The van der Waals surface area contributed by atoms with Crippen molar-refractivity contribution in [3.63, 3.8) is 0 Å². The molecule has 0 aliphatic rings. The maximum absolute atomic E-state index is 12.7. The standard InChI is InChI=1S/C49H74O3/c1-5-8-10-12-14-15-16-17-18-19-20-21-23-28-39-52-40(4)41-33-35-42(36-34-41)45-37-38-46(49(50)51)48(44-31-26-24-27-32-44)47(45)43(29-7-3)30-25-22-13-11-9-6-2/h24,26-27,31-38,40,43H,5-23,25,28-30,39H2,1-4H3,(H,50,51). The summed E-state index contributed by atoms with van der Waals surface area (Å²) in [6, 6.07) is 23.0. The van der Waals surface area contributed by atoms with Crippen LogP contribution in [0.3, 0.4) is 0 Å². The van der Waals surface area contributed by atoms with E-state index in [9.17, 15) is 9.90 Å². The predicted octanol–water partition coefficient (Wildman–Crippen LogP) is 15.9. The van der Waals surface area contributed by atoms with E-state index >= 15 is 0 Å². The molecule has 52 heavy (non-hydrogen) atoms. The third-order valence-corrected chi connectivity index (χ3v) is 11.0. The molecular formula is C49H74O3. The molecule has 0 aromatic heterocycles. The van der Waals surface area contributed by atoms with Crippen molar-refractivity contribution in [2.24, 2.45) is 0 Å². The zero-order chi connectivity index (χ0) is 37.2. The number of carbonyl (C=O) groups is 1. The van der Waals surface area contributed by atoms with Crippen LogP contribution in [0.4, 0.5) is 0 Å². The Balaban J connectivity index is 1.62.